The molecule has 2 aromatic rings. The Labute approximate surface area is 129 Å². The minimum absolute atomic E-state index is 0.0276. The molecule has 1 aliphatic heterocycles. The van der Waals surface area contributed by atoms with Gasteiger partial charge in [-0.3, -0.25) is 10.1 Å². The molecule has 0 saturated carbocycles. The van der Waals surface area contributed by atoms with Crippen molar-refractivity contribution >= 4 is 23.6 Å². The van der Waals surface area contributed by atoms with Crippen LogP contribution in [0.15, 0.2) is 59.2 Å². The smallest absolute Gasteiger partial charge is 0.363 e. The third-order valence-electron chi connectivity index (χ3n) is 3.14. The molecule has 0 aliphatic carbocycles. The number of hydrogen-bond donors (Lipinski definition) is 0. The third-order valence-corrected chi connectivity index (χ3v) is 3.14. The van der Waals surface area contributed by atoms with Crippen molar-refractivity contribution in [2.75, 3.05) is 0 Å². The molecule has 0 N–H and O–H groups in total. The molecule has 0 radical (unpaired) electrons. The highest BCUT2D eigenvalue weighted by Gasteiger charge is 2.25. The molecular formula is C16H9FN2O4. The molecule has 0 unspecified atom stereocenters. The summed E-state index contributed by atoms with van der Waals surface area (Å²) < 4.78 is 17.9. The molecular weight excluding hydrogens is 303 g/mol. The van der Waals surface area contributed by atoms with E-state index >= 15 is 0 Å². The standard InChI is InChI=1S/C16H9FN2O4/c17-12-7-5-10(6-8-12)15-18-13(16(20)23-15)9-11-3-1-2-4-14(11)19(21)22/h1-9H/b13-9+. The predicted octanol–water partition coefficient (Wildman–Crippen LogP) is 3.08. The summed E-state index contributed by atoms with van der Waals surface area (Å²) in [5, 5.41) is 11.0. The average molecular weight is 312 g/mol. The van der Waals surface area contributed by atoms with E-state index < -0.39 is 16.7 Å². The minimum Gasteiger partial charge on any atom is -0.402 e. The number of para-hydroxylation sites is 1. The number of nitro groups is 1. The molecule has 0 bridgehead atoms. The molecule has 1 heterocycles. The van der Waals surface area contributed by atoms with E-state index in [2.05, 4.69) is 4.99 Å². The Balaban J connectivity index is 1.99. The number of esters is 1. The van der Waals surface area contributed by atoms with Gasteiger partial charge in [-0.25, -0.2) is 14.2 Å². The maximum absolute atomic E-state index is 12.9. The highest BCUT2D eigenvalue weighted by Crippen LogP contribution is 2.24. The van der Waals surface area contributed by atoms with Crippen molar-refractivity contribution in [2.24, 2.45) is 4.99 Å². The fraction of sp³-hybridized carbons (Fsp3) is 0. The lowest BCUT2D eigenvalue weighted by molar-refractivity contribution is -0.385. The Bertz CT molecular complexity index is 857. The second kappa shape index (κ2) is 5.80. The van der Waals surface area contributed by atoms with E-state index in [0.29, 0.717) is 5.56 Å². The van der Waals surface area contributed by atoms with Crippen LogP contribution in [0.3, 0.4) is 0 Å². The lowest BCUT2D eigenvalue weighted by atomic mass is 10.1. The van der Waals surface area contributed by atoms with E-state index in [-0.39, 0.29) is 22.8 Å². The Morgan fingerprint density at radius 3 is 2.52 bits per heavy atom. The fourth-order valence-corrected chi connectivity index (χ4v) is 2.05. The molecule has 6 nitrogen and oxygen atoms in total. The van der Waals surface area contributed by atoms with Crippen molar-refractivity contribution in [2.45, 2.75) is 0 Å². The molecule has 0 spiro atoms. The Morgan fingerprint density at radius 2 is 1.83 bits per heavy atom. The summed E-state index contributed by atoms with van der Waals surface area (Å²) in [5.74, 6) is -1.11. The van der Waals surface area contributed by atoms with Crippen LogP contribution in [0, 0.1) is 15.9 Å². The van der Waals surface area contributed by atoms with Crippen molar-refractivity contribution < 1.29 is 18.8 Å². The highest BCUT2D eigenvalue weighted by atomic mass is 19.1. The third kappa shape index (κ3) is 2.98. The summed E-state index contributed by atoms with van der Waals surface area (Å²) in [6.07, 6.45) is 1.29. The first kappa shape index (κ1) is 14.6. The number of rotatable bonds is 3. The average Bonchev–Trinajstić information content (AvgIpc) is 2.89. The Morgan fingerprint density at radius 1 is 1.13 bits per heavy atom. The van der Waals surface area contributed by atoms with Crippen LogP contribution in [0.2, 0.25) is 0 Å². The zero-order valence-electron chi connectivity index (χ0n) is 11.6. The second-order valence-electron chi connectivity index (χ2n) is 4.66. The monoisotopic (exact) mass is 312 g/mol. The summed E-state index contributed by atoms with van der Waals surface area (Å²) in [4.78, 5) is 26.3. The number of halogens is 1. The van der Waals surface area contributed by atoms with Crippen molar-refractivity contribution in [3.8, 4) is 0 Å². The number of aliphatic imine (C=N–C) groups is 1. The zero-order chi connectivity index (χ0) is 16.4. The van der Waals surface area contributed by atoms with E-state index in [1.165, 1.54) is 48.5 Å². The van der Waals surface area contributed by atoms with Crippen molar-refractivity contribution in [1.29, 1.82) is 0 Å². The number of nitrogens with zero attached hydrogens (tertiary/aromatic N) is 2. The van der Waals surface area contributed by atoms with Gasteiger partial charge in [0.2, 0.25) is 5.90 Å². The van der Waals surface area contributed by atoms with Gasteiger partial charge in [-0.1, -0.05) is 12.1 Å². The number of nitro benzene ring substituents is 1. The molecule has 7 heteroatoms. The van der Waals surface area contributed by atoms with Gasteiger partial charge in [0, 0.05) is 11.6 Å². The molecule has 0 saturated heterocycles. The second-order valence-corrected chi connectivity index (χ2v) is 4.66. The lowest BCUT2D eigenvalue weighted by Crippen LogP contribution is -2.05. The Hall–Kier alpha value is -3.35. The zero-order valence-corrected chi connectivity index (χ0v) is 11.6. The van der Waals surface area contributed by atoms with Crippen LogP contribution in [0.25, 0.3) is 6.08 Å². The van der Waals surface area contributed by atoms with Gasteiger partial charge in [-0.05, 0) is 36.4 Å². The van der Waals surface area contributed by atoms with Crippen LogP contribution < -0.4 is 0 Å². The molecule has 0 aromatic heterocycles. The molecule has 0 amide bonds. The van der Waals surface area contributed by atoms with Crippen LogP contribution in [0.1, 0.15) is 11.1 Å². The summed E-state index contributed by atoms with van der Waals surface area (Å²) in [7, 11) is 0. The maximum Gasteiger partial charge on any atom is 0.363 e. The van der Waals surface area contributed by atoms with Gasteiger partial charge in [-0.15, -0.1) is 0 Å². The SMILES string of the molecule is O=C1OC(c2ccc(F)cc2)=N/C1=C/c1ccccc1[N+](=O)[O-]. The van der Waals surface area contributed by atoms with Gasteiger partial charge in [0.1, 0.15) is 5.82 Å². The van der Waals surface area contributed by atoms with Crippen molar-refractivity contribution in [3.63, 3.8) is 0 Å². The number of cyclic esters (lactones) is 1. The van der Waals surface area contributed by atoms with Crippen molar-refractivity contribution in [1.82, 2.24) is 0 Å². The van der Waals surface area contributed by atoms with Crippen LogP contribution in [0.5, 0.6) is 0 Å². The molecule has 0 fully saturated rings. The maximum atomic E-state index is 12.9. The van der Waals surface area contributed by atoms with Crippen molar-refractivity contribution in [3.05, 3.63) is 81.3 Å². The van der Waals surface area contributed by atoms with Crippen LogP contribution in [0.4, 0.5) is 10.1 Å². The molecule has 114 valence electrons. The number of hydrogen-bond acceptors (Lipinski definition) is 5. The summed E-state index contributed by atoms with van der Waals surface area (Å²) in [6, 6.07) is 11.3. The van der Waals surface area contributed by atoms with E-state index in [1.54, 1.807) is 6.07 Å². The first-order chi connectivity index (χ1) is 11.0. The normalized spacial score (nSPS) is 15.4. The Kier molecular flexibility index (Phi) is 3.68. The number of ether oxygens (including phenoxy) is 1. The van der Waals surface area contributed by atoms with Gasteiger partial charge in [-0.2, -0.15) is 0 Å². The highest BCUT2D eigenvalue weighted by molar-refractivity contribution is 6.13. The van der Waals surface area contributed by atoms with Crippen LogP contribution in [-0.2, 0) is 9.53 Å². The van der Waals surface area contributed by atoms with Crippen LogP contribution >= 0.6 is 0 Å². The summed E-state index contributed by atoms with van der Waals surface area (Å²) >= 11 is 0. The predicted molar refractivity (Wildman–Crippen MR) is 80.1 cm³/mol. The fourth-order valence-electron chi connectivity index (χ4n) is 2.05. The first-order valence-electron chi connectivity index (χ1n) is 6.56. The van der Waals surface area contributed by atoms with Gasteiger partial charge >= 0.3 is 5.97 Å². The van der Waals surface area contributed by atoms with Gasteiger partial charge in [0.05, 0.1) is 10.5 Å². The largest absolute Gasteiger partial charge is 0.402 e. The van der Waals surface area contributed by atoms with E-state index in [1.807, 2.05) is 0 Å². The lowest BCUT2D eigenvalue weighted by Gasteiger charge is -1.98. The molecule has 0 atom stereocenters. The van der Waals surface area contributed by atoms with Crippen LogP contribution in [-0.4, -0.2) is 16.8 Å². The number of carbonyl (C=O) groups excluding carboxylic acids is 1. The molecule has 3 rings (SSSR count). The minimum atomic E-state index is -0.720. The first-order valence-corrected chi connectivity index (χ1v) is 6.56. The molecule has 1 aliphatic rings. The molecule has 2 aromatic carbocycles. The van der Waals surface area contributed by atoms with E-state index in [4.69, 9.17) is 4.74 Å². The van der Waals surface area contributed by atoms with E-state index in [9.17, 15) is 19.3 Å². The van der Waals surface area contributed by atoms with E-state index in [0.717, 1.165) is 0 Å². The van der Waals surface area contributed by atoms with Gasteiger partial charge in [0.25, 0.3) is 5.69 Å². The number of carbonyl (C=O) groups is 1. The number of benzene rings is 2. The van der Waals surface area contributed by atoms with Gasteiger partial charge in [0.15, 0.2) is 5.70 Å². The topological polar surface area (TPSA) is 81.8 Å². The summed E-state index contributed by atoms with van der Waals surface area (Å²) in [6.45, 7) is 0. The summed E-state index contributed by atoms with van der Waals surface area (Å²) in [5.41, 5.74) is 0.483. The van der Waals surface area contributed by atoms with Gasteiger partial charge < -0.3 is 4.74 Å². The quantitative estimate of drug-likeness (QED) is 0.377. The molecule has 23 heavy (non-hydrogen) atoms.